The molecule has 0 N–H and O–H groups in total. The zero-order valence-corrected chi connectivity index (χ0v) is 33.6. The van der Waals surface area contributed by atoms with Crippen LogP contribution in [0.25, 0.3) is 111 Å². The summed E-state index contributed by atoms with van der Waals surface area (Å²) < 4.78 is 11.9. The molecule has 6 heteroatoms. The van der Waals surface area contributed by atoms with Crippen LogP contribution in [0.2, 0.25) is 0 Å². The Bertz CT molecular complexity index is 3560. The van der Waals surface area contributed by atoms with Crippen LogP contribution in [0.1, 0.15) is 25.3 Å². The molecule has 0 radical (unpaired) electrons. The Hall–Kier alpha value is -7.83. The Morgan fingerprint density at radius 3 is 1.84 bits per heavy atom. The van der Waals surface area contributed by atoms with Gasteiger partial charge in [-0.15, -0.1) is 0 Å². The van der Waals surface area contributed by atoms with Crippen molar-refractivity contribution in [1.82, 2.24) is 24.1 Å². The second-order valence-corrected chi connectivity index (χ2v) is 15.8. The monoisotopic (exact) mass is 785 g/mol. The number of furan rings is 1. The predicted molar refractivity (Wildman–Crippen MR) is 251 cm³/mol. The van der Waals surface area contributed by atoms with Crippen LogP contribution >= 0.6 is 0 Å². The van der Waals surface area contributed by atoms with E-state index in [0.717, 1.165) is 69.3 Å². The smallest absolute Gasteiger partial charge is 0.164 e. The first kappa shape index (κ1) is 35.1. The number of unbranched alkanes of at least 4 members (excludes halogenated alkanes) is 1. The van der Waals surface area contributed by atoms with Gasteiger partial charge in [-0.1, -0.05) is 147 Å². The predicted octanol–water partition coefficient (Wildman–Crippen LogP) is 14.3. The van der Waals surface area contributed by atoms with Gasteiger partial charge in [0.25, 0.3) is 0 Å². The Labute approximate surface area is 352 Å². The van der Waals surface area contributed by atoms with Crippen LogP contribution in [0, 0.1) is 0 Å². The van der Waals surface area contributed by atoms with Crippen LogP contribution in [0.3, 0.4) is 0 Å². The Morgan fingerprint density at radius 2 is 1.10 bits per heavy atom. The molecule has 0 aliphatic carbocycles. The highest BCUT2D eigenvalue weighted by molar-refractivity contribution is 6.26. The van der Waals surface area contributed by atoms with E-state index in [9.17, 15) is 0 Å². The quantitative estimate of drug-likeness (QED) is 0.154. The molecule has 0 aliphatic heterocycles. The molecule has 12 aromatic rings. The van der Waals surface area contributed by atoms with Gasteiger partial charge >= 0.3 is 0 Å². The molecule has 290 valence electrons. The molecule has 4 heterocycles. The number of benzene rings is 8. The summed E-state index contributed by atoms with van der Waals surface area (Å²) in [4.78, 5) is 15.0. The van der Waals surface area contributed by atoms with Crippen LogP contribution in [0.4, 0.5) is 0 Å². The summed E-state index contributed by atoms with van der Waals surface area (Å²) in [6, 6.07) is 64.2. The molecule has 0 unspecified atom stereocenters. The third kappa shape index (κ3) is 5.67. The van der Waals surface area contributed by atoms with Crippen molar-refractivity contribution in [3.8, 4) is 45.5 Å². The lowest BCUT2D eigenvalue weighted by molar-refractivity contribution is 0.666. The molecule has 0 aliphatic rings. The van der Waals surface area contributed by atoms with E-state index in [1.165, 1.54) is 49.2 Å². The van der Waals surface area contributed by atoms with Gasteiger partial charge in [-0.2, -0.15) is 0 Å². The fraction of sp³-hybridized carbons (Fsp3) is 0.0727. The first-order chi connectivity index (χ1) is 30.2. The van der Waals surface area contributed by atoms with E-state index in [2.05, 4.69) is 137 Å². The number of nitrogens with zero attached hydrogens (tertiary/aromatic N) is 5. The van der Waals surface area contributed by atoms with E-state index in [0.29, 0.717) is 17.5 Å². The average molecular weight is 786 g/mol. The van der Waals surface area contributed by atoms with Crippen LogP contribution in [-0.4, -0.2) is 24.1 Å². The minimum atomic E-state index is 0.592. The van der Waals surface area contributed by atoms with Gasteiger partial charge < -0.3 is 13.6 Å². The first-order valence-electron chi connectivity index (χ1n) is 21.1. The minimum absolute atomic E-state index is 0.592. The van der Waals surface area contributed by atoms with Gasteiger partial charge in [-0.3, -0.25) is 0 Å². The summed E-state index contributed by atoms with van der Waals surface area (Å²) in [7, 11) is 0. The van der Waals surface area contributed by atoms with E-state index in [1.54, 1.807) is 0 Å². The van der Waals surface area contributed by atoms with Crippen LogP contribution < -0.4 is 0 Å². The van der Waals surface area contributed by atoms with Gasteiger partial charge in [-0.25, -0.2) is 15.0 Å². The maximum absolute atomic E-state index is 7.07. The minimum Gasteiger partial charge on any atom is -0.454 e. The van der Waals surface area contributed by atoms with Crippen LogP contribution in [-0.2, 0) is 6.42 Å². The highest BCUT2D eigenvalue weighted by atomic mass is 16.3. The third-order valence-corrected chi connectivity index (χ3v) is 12.1. The number of hydrogen-bond donors (Lipinski definition) is 0. The van der Waals surface area contributed by atoms with Crippen LogP contribution in [0.5, 0.6) is 0 Å². The fourth-order valence-electron chi connectivity index (χ4n) is 9.28. The molecule has 12 rings (SSSR count). The molecule has 0 fully saturated rings. The number of fused-ring (bicyclic) bond motifs is 10. The zero-order chi connectivity index (χ0) is 40.4. The van der Waals surface area contributed by atoms with E-state index in [-0.39, 0.29) is 0 Å². The van der Waals surface area contributed by atoms with Gasteiger partial charge in [0.1, 0.15) is 5.58 Å². The molecule has 0 atom stereocenters. The van der Waals surface area contributed by atoms with Crippen molar-refractivity contribution in [2.24, 2.45) is 0 Å². The summed E-state index contributed by atoms with van der Waals surface area (Å²) in [6.45, 7) is 2.26. The molecule has 0 spiro atoms. The van der Waals surface area contributed by atoms with Gasteiger partial charge in [-0.05, 0) is 66.9 Å². The lowest BCUT2D eigenvalue weighted by Crippen LogP contribution is -2.00. The molecule has 0 saturated carbocycles. The summed E-state index contributed by atoms with van der Waals surface area (Å²) in [5, 5.41) is 6.97. The Morgan fingerprint density at radius 1 is 0.459 bits per heavy atom. The summed E-state index contributed by atoms with van der Waals surface area (Å²) >= 11 is 0. The molecule has 6 nitrogen and oxygen atoms in total. The van der Waals surface area contributed by atoms with Crippen molar-refractivity contribution in [2.45, 2.75) is 26.2 Å². The van der Waals surface area contributed by atoms with Gasteiger partial charge in [0.2, 0.25) is 0 Å². The summed E-state index contributed by atoms with van der Waals surface area (Å²) in [5.74, 6) is 1.84. The number of rotatable bonds is 8. The third-order valence-electron chi connectivity index (χ3n) is 12.1. The van der Waals surface area contributed by atoms with Crippen molar-refractivity contribution >= 4 is 65.6 Å². The molecule has 0 bridgehead atoms. The zero-order valence-electron chi connectivity index (χ0n) is 33.6. The number of aromatic nitrogens is 5. The maximum Gasteiger partial charge on any atom is 0.164 e. The standard InChI is InChI=1S/C55H39N5O/c1-2-3-16-35-27-29-40-42-31-32-46-50(44-23-13-14-25-45(44)59(46)39-21-11-6-12-22-39)51(42)60(48(40)33-35)47-26-15-24-43-41-30-28-38(34-49(41)61-52(43)47)55-57-53(36-17-7-4-8-18-36)56-54(58-55)37-19-9-5-10-20-37/h4-15,17-34H,2-3,16H2,1H3. The Balaban J connectivity index is 1.12. The second kappa shape index (κ2) is 14.2. The summed E-state index contributed by atoms with van der Waals surface area (Å²) in [6.07, 6.45) is 3.32. The lowest BCUT2D eigenvalue weighted by Gasteiger charge is -2.11. The topological polar surface area (TPSA) is 61.7 Å². The van der Waals surface area contributed by atoms with E-state index >= 15 is 0 Å². The highest BCUT2D eigenvalue weighted by Crippen LogP contribution is 2.44. The van der Waals surface area contributed by atoms with Crippen molar-refractivity contribution in [3.63, 3.8) is 0 Å². The van der Waals surface area contributed by atoms with Gasteiger partial charge in [0.05, 0.1) is 27.8 Å². The summed E-state index contributed by atoms with van der Waals surface area (Å²) in [5.41, 5.74) is 12.5. The molecular weight excluding hydrogens is 747 g/mol. The van der Waals surface area contributed by atoms with Crippen molar-refractivity contribution < 1.29 is 4.42 Å². The largest absolute Gasteiger partial charge is 0.454 e. The van der Waals surface area contributed by atoms with Crippen LogP contribution in [0.15, 0.2) is 186 Å². The Kier molecular flexibility index (Phi) is 8.17. The van der Waals surface area contributed by atoms with Gasteiger partial charge in [0.15, 0.2) is 23.1 Å². The average Bonchev–Trinajstić information content (AvgIpc) is 3.99. The van der Waals surface area contributed by atoms with Crippen molar-refractivity contribution in [1.29, 1.82) is 0 Å². The molecule has 4 aromatic heterocycles. The molecule has 0 saturated heterocycles. The normalized spacial score (nSPS) is 11.9. The maximum atomic E-state index is 7.07. The van der Waals surface area contributed by atoms with Crippen molar-refractivity contribution in [3.05, 3.63) is 188 Å². The number of aryl methyl sites for hydroxylation is 1. The van der Waals surface area contributed by atoms with E-state index in [4.69, 9.17) is 19.4 Å². The molecule has 0 amide bonds. The van der Waals surface area contributed by atoms with E-state index < -0.39 is 0 Å². The first-order valence-corrected chi connectivity index (χ1v) is 21.1. The molecule has 8 aromatic carbocycles. The lowest BCUT2D eigenvalue weighted by atomic mass is 10.0. The second-order valence-electron chi connectivity index (χ2n) is 15.8. The number of hydrogen-bond acceptors (Lipinski definition) is 4. The highest BCUT2D eigenvalue weighted by Gasteiger charge is 2.24. The number of para-hydroxylation sites is 3. The van der Waals surface area contributed by atoms with Crippen molar-refractivity contribution in [2.75, 3.05) is 0 Å². The SMILES string of the molecule is CCCCc1ccc2c3ccc4c(c5ccccc5n4-c4ccccc4)c3n(-c3cccc4c3oc3cc(-c5nc(-c6ccccc6)nc(-c6ccccc6)n5)ccc34)c2c1. The fourth-order valence-corrected chi connectivity index (χ4v) is 9.28. The van der Waals surface area contributed by atoms with E-state index in [1.807, 2.05) is 60.7 Å². The molecule has 61 heavy (non-hydrogen) atoms. The molecular formula is C55H39N5O. The van der Waals surface area contributed by atoms with Gasteiger partial charge in [0, 0.05) is 54.7 Å².